The van der Waals surface area contributed by atoms with Gasteiger partial charge in [-0.15, -0.1) is 0 Å². The fourth-order valence-corrected chi connectivity index (χ4v) is 4.69. The van der Waals surface area contributed by atoms with Crippen molar-refractivity contribution in [2.45, 2.75) is 58.9 Å². The second-order valence-electron chi connectivity index (χ2n) is 9.46. The fourth-order valence-electron chi connectivity index (χ4n) is 4.69. The Labute approximate surface area is 210 Å². The summed E-state index contributed by atoms with van der Waals surface area (Å²) in [6.45, 7) is 8.68. The van der Waals surface area contributed by atoms with E-state index < -0.39 is 0 Å². The maximum atomic E-state index is 13.5. The van der Waals surface area contributed by atoms with E-state index >= 15 is 0 Å². The highest BCUT2D eigenvalue weighted by Gasteiger charge is 2.28. The van der Waals surface area contributed by atoms with Crippen LogP contribution in [0.5, 0.6) is 11.5 Å². The molecule has 0 saturated carbocycles. The minimum Gasteiger partial charge on any atom is -0.496 e. The molecule has 2 amide bonds. The second kappa shape index (κ2) is 13.2. The number of aryl methyl sites for hydroxylation is 1. The summed E-state index contributed by atoms with van der Waals surface area (Å²) < 4.78 is 11.7. The van der Waals surface area contributed by atoms with Gasteiger partial charge < -0.3 is 19.3 Å². The number of nitrogens with zero attached hydrogens (tertiary/aromatic N) is 2. The van der Waals surface area contributed by atoms with Gasteiger partial charge in [0.25, 0.3) is 5.91 Å². The van der Waals surface area contributed by atoms with Crippen molar-refractivity contribution in [2.24, 2.45) is 5.92 Å². The first kappa shape index (κ1) is 26.6. The number of rotatable bonds is 6. The van der Waals surface area contributed by atoms with Crippen molar-refractivity contribution < 1.29 is 19.1 Å². The summed E-state index contributed by atoms with van der Waals surface area (Å²) in [4.78, 5) is 30.6. The van der Waals surface area contributed by atoms with Crippen LogP contribution in [-0.4, -0.2) is 61.0 Å². The highest BCUT2D eigenvalue weighted by atomic mass is 16.5. The highest BCUT2D eigenvalue weighted by Crippen LogP contribution is 2.24. The molecule has 6 nitrogen and oxygen atoms in total. The predicted octanol–water partition coefficient (Wildman–Crippen LogP) is 5.21. The van der Waals surface area contributed by atoms with E-state index in [0.29, 0.717) is 50.4 Å². The number of amides is 2. The fraction of sp³-hybridized carbons (Fsp3) is 0.517. The van der Waals surface area contributed by atoms with Crippen LogP contribution in [0.1, 0.15) is 62.4 Å². The van der Waals surface area contributed by atoms with E-state index in [2.05, 4.69) is 13.8 Å². The van der Waals surface area contributed by atoms with Crippen molar-refractivity contribution in [1.82, 2.24) is 9.80 Å². The molecule has 1 heterocycles. The van der Waals surface area contributed by atoms with Gasteiger partial charge >= 0.3 is 0 Å². The maximum absolute atomic E-state index is 13.5. The third-order valence-electron chi connectivity index (χ3n) is 6.81. The minimum absolute atomic E-state index is 0.00758. The van der Waals surface area contributed by atoms with Crippen LogP contribution in [0.3, 0.4) is 0 Å². The van der Waals surface area contributed by atoms with Crippen LogP contribution in [0, 0.1) is 5.92 Å². The Morgan fingerprint density at radius 3 is 2.51 bits per heavy atom. The van der Waals surface area contributed by atoms with E-state index in [9.17, 15) is 9.59 Å². The first-order valence-electron chi connectivity index (χ1n) is 12.9. The zero-order valence-corrected chi connectivity index (χ0v) is 21.7. The largest absolute Gasteiger partial charge is 0.496 e. The molecule has 0 spiro atoms. The second-order valence-corrected chi connectivity index (χ2v) is 9.46. The van der Waals surface area contributed by atoms with Crippen LogP contribution in [0.15, 0.2) is 48.5 Å². The number of benzene rings is 2. The van der Waals surface area contributed by atoms with Gasteiger partial charge in [0.15, 0.2) is 0 Å². The van der Waals surface area contributed by atoms with Crippen molar-refractivity contribution in [1.29, 1.82) is 0 Å². The molecular formula is C29H40N2O4. The Balaban J connectivity index is 1.82. The molecule has 2 aromatic carbocycles. The normalized spacial score (nSPS) is 17.6. The van der Waals surface area contributed by atoms with Crippen LogP contribution in [0.2, 0.25) is 0 Å². The molecule has 1 aliphatic rings. The average Bonchev–Trinajstić information content (AvgIpc) is 2.88. The third kappa shape index (κ3) is 7.00. The molecule has 1 atom stereocenters. The van der Waals surface area contributed by atoms with Gasteiger partial charge in [0.1, 0.15) is 18.1 Å². The van der Waals surface area contributed by atoms with Gasteiger partial charge in [0, 0.05) is 26.1 Å². The van der Waals surface area contributed by atoms with Gasteiger partial charge in [-0.05, 0) is 62.3 Å². The molecule has 1 aliphatic heterocycles. The van der Waals surface area contributed by atoms with Gasteiger partial charge in [-0.25, -0.2) is 0 Å². The number of methoxy groups -OCH3 is 1. The van der Waals surface area contributed by atoms with Crippen LogP contribution in [0.4, 0.5) is 0 Å². The van der Waals surface area contributed by atoms with E-state index in [1.54, 1.807) is 7.11 Å². The highest BCUT2D eigenvalue weighted by molar-refractivity contribution is 5.96. The molecular weight excluding hydrogens is 440 g/mol. The monoisotopic (exact) mass is 480 g/mol. The number of ether oxygens (including phenoxy) is 2. The first-order valence-corrected chi connectivity index (χ1v) is 12.9. The van der Waals surface area contributed by atoms with Crippen molar-refractivity contribution >= 4 is 11.8 Å². The van der Waals surface area contributed by atoms with Gasteiger partial charge in [-0.2, -0.15) is 0 Å². The molecule has 35 heavy (non-hydrogen) atoms. The molecule has 0 unspecified atom stereocenters. The Morgan fingerprint density at radius 2 is 1.77 bits per heavy atom. The van der Waals surface area contributed by atoms with E-state index in [4.69, 9.17) is 9.47 Å². The lowest BCUT2D eigenvalue weighted by Gasteiger charge is -2.35. The molecule has 0 aromatic heterocycles. The quantitative estimate of drug-likeness (QED) is 0.570. The minimum atomic E-state index is -0.0774. The molecule has 0 saturated heterocycles. The topological polar surface area (TPSA) is 59.1 Å². The van der Waals surface area contributed by atoms with Gasteiger partial charge in [-0.1, -0.05) is 44.2 Å². The summed E-state index contributed by atoms with van der Waals surface area (Å²) in [5, 5.41) is 0. The lowest BCUT2D eigenvalue weighted by atomic mass is 10.0. The Bertz CT molecular complexity index is 975. The molecule has 2 aromatic rings. The molecule has 0 radical (unpaired) electrons. The Hall–Kier alpha value is -3.02. The molecule has 0 fully saturated rings. The number of carbonyl (C=O) groups excluding carboxylic acids is 2. The first-order chi connectivity index (χ1) is 17.0. The van der Waals surface area contributed by atoms with E-state index in [1.165, 1.54) is 0 Å². The summed E-state index contributed by atoms with van der Waals surface area (Å²) in [7, 11) is 1.66. The zero-order valence-electron chi connectivity index (χ0n) is 21.7. The van der Waals surface area contributed by atoms with Crippen LogP contribution < -0.4 is 9.47 Å². The third-order valence-corrected chi connectivity index (χ3v) is 6.81. The zero-order chi connectivity index (χ0) is 25.2. The van der Waals surface area contributed by atoms with Crippen molar-refractivity contribution in [3.8, 4) is 11.5 Å². The predicted molar refractivity (Wildman–Crippen MR) is 139 cm³/mol. The summed E-state index contributed by atoms with van der Waals surface area (Å²) >= 11 is 0. The van der Waals surface area contributed by atoms with Crippen molar-refractivity contribution in [3.05, 3.63) is 59.7 Å². The molecule has 3 rings (SSSR count). The maximum Gasteiger partial charge on any atom is 0.257 e. The number of carbonyl (C=O) groups is 2. The van der Waals surface area contributed by atoms with Gasteiger partial charge in [0.2, 0.25) is 5.91 Å². The molecule has 6 heteroatoms. The van der Waals surface area contributed by atoms with Crippen LogP contribution in [-0.2, 0) is 11.2 Å². The Morgan fingerprint density at radius 1 is 1.06 bits per heavy atom. The summed E-state index contributed by atoms with van der Waals surface area (Å²) in [5.74, 6) is 1.75. The van der Waals surface area contributed by atoms with E-state index in [1.807, 2.05) is 65.3 Å². The van der Waals surface area contributed by atoms with E-state index in [0.717, 1.165) is 30.6 Å². The summed E-state index contributed by atoms with van der Waals surface area (Å²) in [6.07, 6.45) is 3.84. The standard InChI is InChI=1S/C29H40N2O4/c1-5-30-19-11-6-12-20-31(28(32)18-17-23-13-7-9-15-26(23)34-4)25(22(2)3)21-35-27-16-10-8-14-24(27)29(30)33/h7-10,13-16,22,25H,5-6,11-12,17-21H2,1-4H3/t25-/m1/s1. The molecule has 0 bridgehead atoms. The average molecular weight is 481 g/mol. The molecule has 0 N–H and O–H groups in total. The number of fused-ring (bicyclic) bond motifs is 1. The lowest BCUT2D eigenvalue weighted by molar-refractivity contribution is -0.135. The smallest absolute Gasteiger partial charge is 0.257 e. The number of para-hydroxylation sites is 2. The van der Waals surface area contributed by atoms with Gasteiger partial charge in [0.05, 0.1) is 18.7 Å². The summed E-state index contributed by atoms with van der Waals surface area (Å²) in [6, 6.07) is 15.2. The molecule has 0 aliphatic carbocycles. The number of hydrogen-bond acceptors (Lipinski definition) is 4. The van der Waals surface area contributed by atoms with Gasteiger partial charge in [-0.3, -0.25) is 9.59 Å². The van der Waals surface area contributed by atoms with E-state index in [-0.39, 0.29) is 23.8 Å². The van der Waals surface area contributed by atoms with Crippen LogP contribution >= 0.6 is 0 Å². The number of hydrogen-bond donors (Lipinski definition) is 0. The molecule has 190 valence electrons. The Kier molecular flexibility index (Phi) is 10.0. The van der Waals surface area contributed by atoms with Crippen molar-refractivity contribution in [2.75, 3.05) is 33.4 Å². The lowest BCUT2D eigenvalue weighted by Crippen LogP contribution is -2.47. The van der Waals surface area contributed by atoms with Crippen molar-refractivity contribution in [3.63, 3.8) is 0 Å². The SMILES string of the molecule is CCN1CCCCCN(C(=O)CCc2ccccc2OC)[C@@H](C(C)C)COc2ccccc2C1=O. The van der Waals surface area contributed by atoms with Crippen LogP contribution in [0.25, 0.3) is 0 Å². The summed E-state index contributed by atoms with van der Waals surface area (Å²) in [5.41, 5.74) is 1.63.